The molecule has 2 aliphatic carbocycles. The molecular formula is C16H23NO2. The molecule has 0 fully saturated rings. The number of carbonyl (C=O) groups is 1. The minimum Gasteiger partial charge on any atom is -0.457 e. The maximum Gasteiger partial charge on any atom is 0.335 e. The van der Waals surface area contributed by atoms with Gasteiger partial charge in [0.05, 0.1) is 0 Å². The molecule has 0 saturated heterocycles. The van der Waals surface area contributed by atoms with Crippen molar-refractivity contribution in [3.63, 3.8) is 0 Å². The van der Waals surface area contributed by atoms with Gasteiger partial charge in [-0.15, -0.1) is 0 Å². The normalized spacial score (nSPS) is 23.5. The van der Waals surface area contributed by atoms with Crippen molar-refractivity contribution in [3.05, 3.63) is 34.4 Å². The van der Waals surface area contributed by atoms with Gasteiger partial charge in [0, 0.05) is 11.6 Å². The molecule has 3 nitrogen and oxygen atoms in total. The molecule has 0 heterocycles. The van der Waals surface area contributed by atoms with Crippen molar-refractivity contribution in [2.45, 2.75) is 58.6 Å². The van der Waals surface area contributed by atoms with Crippen molar-refractivity contribution in [2.75, 3.05) is 0 Å². The zero-order valence-corrected chi connectivity index (χ0v) is 12.2. The van der Waals surface area contributed by atoms with Crippen LogP contribution in [-0.2, 0) is 9.53 Å². The standard InChI is InChI=1S/C16H23NO2/c1-10-11-8-9-14(17)13(11)7-5-6-12(10)15(18)19-16(2,3)4/h5,7,14H,6,8-9,17H2,1-4H3/t14-/m0/s1. The monoisotopic (exact) mass is 261 g/mol. The Bertz CT molecular complexity index is 489. The van der Waals surface area contributed by atoms with Gasteiger partial charge in [-0.25, -0.2) is 4.79 Å². The number of esters is 1. The van der Waals surface area contributed by atoms with Crippen LogP contribution in [0.1, 0.15) is 47.0 Å². The molecule has 0 amide bonds. The SMILES string of the molecule is CC1=C(C(=O)OC(C)(C)C)CC=CC2=C1CC[C@@H]2N. The van der Waals surface area contributed by atoms with E-state index in [0.717, 1.165) is 24.0 Å². The summed E-state index contributed by atoms with van der Waals surface area (Å²) < 4.78 is 5.49. The average molecular weight is 261 g/mol. The maximum absolute atomic E-state index is 12.3. The highest BCUT2D eigenvalue weighted by atomic mass is 16.6. The minimum atomic E-state index is -0.455. The second-order valence-electron chi connectivity index (χ2n) is 6.29. The smallest absolute Gasteiger partial charge is 0.335 e. The van der Waals surface area contributed by atoms with Crippen LogP contribution in [0.15, 0.2) is 34.4 Å². The maximum atomic E-state index is 12.3. The summed E-state index contributed by atoms with van der Waals surface area (Å²) in [6.07, 6.45) is 6.65. The number of hydrogen-bond donors (Lipinski definition) is 1. The summed E-state index contributed by atoms with van der Waals surface area (Å²) in [6.45, 7) is 7.69. The van der Waals surface area contributed by atoms with E-state index in [0.29, 0.717) is 6.42 Å². The first-order chi connectivity index (χ1) is 8.79. The van der Waals surface area contributed by atoms with Gasteiger partial charge in [0.15, 0.2) is 0 Å². The molecule has 19 heavy (non-hydrogen) atoms. The molecule has 2 aliphatic rings. The van der Waals surface area contributed by atoms with Crippen LogP contribution in [0.25, 0.3) is 0 Å². The van der Waals surface area contributed by atoms with Crippen molar-refractivity contribution in [3.8, 4) is 0 Å². The second kappa shape index (κ2) is 4.97. The molecule has 1 atom stereocenters. The minimum absolute atomic E-state index is 0.110. The highest BCUT2D eigenvalue weighted by Crippen LogP contribution is 2.36. The van der Waals surface area contributed by atoms with E-state index >= 15 is 0 Å². The fourth-order valence-corrected chi connectivity index (χ4v) is 2.67. The van der Waals surface area contributed by atoms with E-state index in [1.54, 1.807) is 0 Å². The van der Waals surface area contributed by atoms with Gasteiger partial charge >= 0.3 is 5.97 Å². The first kappa shape index (κ1) is 14.1. The molecule has 3 heteroatoms. The molecule has 0 radical (unpaired) electrons. The summed E-state index contributed by atoms with van der Waals surface area (Å²) in [5.41, 5.74) is 9.90. The van der Waals surface area contributed by atoms with E-state index in [-0.39, 0.29) is 12.0 Å². The molecule has 0 spiro atoms. The average Bonchev–Trinajstić information content (AvgIpc) is 2.53. The molecule has 2 N–H and O–H groups in total. The number of hydrogen-bond acceptors (Lipinski definition) is 3. The molecule has 0 aromatic heterocycles. The van der Waals surface area contributed by atoms with Gasteiger partial charge in [-0.2, -0.15) is 0 Å². The van der Waals surface area contributed by atoms with Gasteiger partial charge in [-0.1, -0.05) is 12.2 Å². The Kier molecular flexibility index (Phi) is 3.68. The van der Waals surface area contributed by atoms with Gasteiger partial charge < -0.3 is 10.5 Å². The number of ether oxygens (including phenoxy) is 1. The van der Waals surface area contributed by atoms with E-state index < -0.39 is 5.60 Å². The molecule has 0 unspecified atom stereocenters. The van der Waals surface area contributed by atoms with Crippen molar-refractivity contribution in [1.82, 2.24) is 0 Å². The van der Waals surface area contributed by atoms with Gasteiger partial charge in [-0.3, -0.25) is 0 Å². The molecule has 2 rings (SSSR count). The topological polar surface area (TPSA) is 52.3 Å². The largest absolute Gasteiger partial charge is 0.457 e. The number of rotatable bonds is 1. The van der Waals surface area contributed by atoms with E-state index in [9.17, 15) is 4.79 Å². The third-order valence-electron chi connectivity index (χ3n) is 3.62. The molecule has 0 saturated carbocycles. The van der Waals surface area contributed by atoms with E-state index in [1.165, 1.54) is 11.1 Å². The molecular weight excluding hydrogens is 238 g/mol. The highest BCUT2D eigenvalue weighted by molar-refractivity contribution is 5.91. The van der Waals surface area contributed by atoms with Crippen LogP contribution in [0, 0.1) is 0 Å². The van der Waals surface area contributed by atoms with E-state index in [2.05, 4.69) is 6.08 Å². The van der Waals surface area contributed by atoms with Crippen LogP contribution in [0.5, 0.6) is 0 Å². The lowest BCUT2D eigenvalue weighted by Crippen LogP contribution is -2.25. The van der Waals surface area contributed by atoms with Crippen LogP contribution in [-0.4, -0.2) is 17.6 Å². The van der Waals surface area contributed by atoms with E-state index in [4.69, 9.17) is 10.5 Å². The summed E-state index contributed by atoms with van der Waals surface area (Å²) in [4.78, 5) is 12.3. The van der Waals surface area contributed by atoms with Gasteiger partial charge in [-0.05, 0) is 63.7 Å². The zero-order chi connectivity index (χ0) is 14.2. The highest BCUT2D eigenvalue weighted by Gasteiger charge is 2.28. The first-order valence-electron chi connectivity index (χ1n) is 6.88. The first-order valence-corrected chi connectivity index (χ1v) is 6.88. The quantitative estimate of drug-likeness (QED) is 0.738. The van der Waals surface area contributed by atoms with Crippen molar-refractivity contribution >= 4 is 5.97 Å². The van der Waals surface area contributed by atoms with Crippen LogP contribution in [0.4, 0.5) is 0 Å². The van der Waals surface area contributed by atoms with Gasteiger partial charge in [0.25, 0.3) is 0 Å². The van der Waals surface area contributed by atoms with Crippen molar-refractivity contribution in [2.24, 2.45) is 5.73 Å². The summed E-state index contributed by atoms with van der Waals surface area (Å²) in [5.74, 6) is -0.205. The fourth-order valence-electron chi connectivity index (χ4n) is 2.67. The van der Waals surface area contributed by atoms with Crippen LogP contribution >= 0.6 is 0 Å². The van der Waals surface area contributed by atoms with Crippen LogP contribution < -0.4 is 5.73 Å². The van der Waals surface area contributed by atoms with Crippen molar-refractivity contribution in [1.29, 1.82) is 0 Å². The fraction of sp³-hybridized carbons (Fsp3) is 0.562. The summed E-state index contributed by atoms with van der Waals surface area (Å²) in [6, 6.07) is 0.110. The van der Waals surface area contributed by atoms with E-state index in [1.807, 2.05) is 33.8 Å². The zero-order valence-electron chi connectivity index (χ0n) is 12.2. The third-order valence-corrected chi connectivity index (χ3v) is 3.62. The second-order valence-corrected chi connectivity index (χ2v) is 6.29. The molecule has 0 aliphatic heterocycles. The lowest BCUT2D eigenvalue weighted by molar-refractivity contribution is -0.150. The number of nitrogens with two attached hydrogens (primary N) is 1. The Labute approximate surface area is 115 Å². The van der Waals surface area contributed by atoms with Gasteiger partial charge in [0.2, 0.25) is 0 Å². The van der Waals surface area contributed by atoms with Crippen LogP contribution in [0.3, 0.4) is 0 Å². The molecule has 104 valence electrons. The molecule has 0 bridgehead atoms. The Morgan fingerprint density at radius 1 is 1.42 bits per heavy atom. The summed E-state index contributed by atoms with van der Waals surface area (Å²) >= 11 is 0. The number of carbonyl (C=O) groups excluding carboxylic acids is 1. The lowest BCUT2D eigenvalue weighted by Gasteiger charge is -2.21. The molecule has 0 aromatic rings. The Morgan fingerprint density at radius 2 is 2.11 bits per heavy atom. The lowest BCUT2D eigenvalue weighted by atomic mass is 9.98. The van der Waals surface area contributed by atoms with Crippen molar-refractivity contribution < 1.29 is 9.53 Å². The Hall–Kier alpha value is -1.35. The predicted molar refractivity (Wildman–Crippen MR) is 76.5 cm³/mol. The Morgan fingerprint density at radius 3 is 2.74 bits per heavy atom. The predicted octanol–water partition coefficient (Wildman–Crippen LogP) is 3.02. The third kappa shape index (κ3) is 2.98. The summed E-state index contributed by atoms with van der Waals surface area (Å²) in [5, 5.41) is 0. The van der Waals surface area contributed by atoms with Crippen LogP contribution in [0.2, 0.25) is 0 Å². The number of allylic oxidation sites excluding steroid dienone is 3. The Balaban J connectivity index is 2.33. The molecule has 0 aromatic carbocycles. The summed E-state index contributed by atoms with van der Waals surface area (Å²) in [7, 11) is 0. The van der Waals surface area contributed by atoms with Gasteiger partial charge in [0.1, 0.15) is 5.60 Å².